The average Bonchev–Trinajstić information content (AvgIpc) is 2.90. The van der Waals surface area contributed by atoms with Crippen molar-refractivity contribution in [2.45, 2.75) is 26.2 Å². The summed E-state index contributed by atoms with van der Waals surface area (Å²) in [4.78, 5) is 16.2. The Bertz CT molecular complexity index is 714. The molecule has 0 unspecified atom stereocenters. The number of fused-ring (bicyclic) bond motifs is 1. The quantitative estimate of drug-likeness (QED) is 0.829. The number of hydrogen-bond donors (Lipinski definition) is 0. The summed E-state index contributed by atoms with van der Waals surface area (Å²) >= 11 is 0. The van der Waals surface area contributed by atoms with Crippen LogP contribution in [0.1, 0.15) is 31.9 Å². The molecule has 3 rings (SSSR count). The molecule has 0 N–H and O–H groups in total. The molecule has 8 nitrogen and oxygen atoms in total. The molecule has 1 aliphatic rings. The highest BCUT2D eigenvalue weighted by molar-refractivity contribution is 5.77. The molecule has 1 amide bonds. The maximum atomic E-state index is 12.1. The molecule has 130 valence electrons. The summed E-state index contributed by atoms with van der Waals surface area (Å²) in [5.74, 6) is 0.367. The molecule has 0 spiro atoms. The Hall–Kier alpha value is -2.22. The van der Waals surface area contributed by atoms with E-state index < -0.39 is 0 Å². The number of carbonyl (C=O) groups excluding carboxylic acids is 1. The molecule has 2 aromatic rings. The first-order chi connectivity index (χ1) is 11.6. The number of aromatic nitrogens is 4. The number of nitrogens with zero attached hydrogens (tertiary/aromatic N) is 6. The predicted octanol–water partition coefficient (Wildman–Crippen LogP) is 0.933. The van der Waals surface area contributed by atoms with Gasteiger partial charge in [-0.25, -0.2) is 0 Å². The second-order valence-corrected chi connectivity index (χ2v) is 6.36. The summed E-state index contributed by atoms with van der Waals surface area (Å²) in [5, 5.41) is 12.8. The Morgan fingerprint density at radius 3 is 2.88 bits per heavy atom. The number of carbonyl (C=O) groups is 1. The highest BCUT2D eigenvalue weighted by Gasteiger charge is 2.22. The van der Waals surface area contributed by atoms with E-state index in [0.29, 0.717) is 12.5 Å². The molecule has 1 saturated heterocycles. The van der Waals surface area contributed by atoms with Crippen LogP contribution < -0.4 is 4.90 Å². The first kappa shape index (κ1) is 16.6. The summed E-state index contributed by atoms with van der Waals surface area (Å²) in [6.45, 7) is 7.46. The van der Waals surface area contributed by atoms with Crippen LogP contribution in [0.3, 0.4) is 0 Å². The van der Waals surface area contributed by atoms with Crippen molar-refractivity contribution in [3.05, 3.63) is 18.1 Å². The van der Waals surface area contributed by atoms with Gasteiger partial charge in [-0.05, 0) is 18.4 Å². The molecular formula is C16H24N6O2. The lowest BCUT2D eigenvalue weighted by atomic mass is 10.1. The Labute approximate surface area is 141 Å². The van der Waals surface area contributed by atoms with Crippen LogP contribution in [0.4, 0.5) is 5.69 Å². The molecule has 0 saturated carbocycles. The van der Waals surface area contributed by atoms with E-state index in [-0.39, 0.29) is 12.5 Å². The van der Waals surface area contributed by atoms with E-state index >= 15 is 0 Å². The van der Waals surface area contributed by atoms with Gasteiger partial charge in [-0.15, -0.1) is 10.2 Å². The zero-order chi connectivity index (χ0) is 17.1. The van der Waals surface area contributed by atoms with Gasteiger partial charge >= 0.3 is 0 Å². The van der Waals surface area contributed by atoms with E-state index in [9.17, 15) is 4.79 Å². The normalized spacial score (nSPS) is 16.0. The largest absolute Gasteiger partial charge is 0.375 e. The van der Waals surface area contributed by atoms with Crippen molar-refractivity contribution in [3.63, 3.8) is 0 Å². The second kappa shape index (κ2) is 7.12. The first-order valence-electron chi connectivity index (χ1n) is 8.32. The van der Waals surface area contributed by atoms with Crippen molar-refractivity contribution >= 4 is 17.2 Å². The van der Waals surface area contributed by atoms with E-state index in [1.165, 1.54) is 0 Å². The SMILES string of the molecule is COCC(=O)N1CCCN(c2cc(C(C)C)nn3cnnc23)CC1. The summed E-state index contributed by atoms with van der Waals surface area (Å²) in [5.41, 5.74) is 2.80. The predicted molar refractivity (Wildman–Crippen MR) is 90.2 cm³/mol. The minimum Gasteiger partial charge on any atom is -0.375 e. The van der Waals surface area contributed by atoms with E-state index in [2.05, 4.69) is 40.1 Å². The molecule has 0 atom stereocenters. The number of amides is 1. The lowest BCUT2D eigenvalue weighted by Crippen LogP contribution is -2.37. The third-order valence-electron chi connectivity index (χ3n) is 4.32. The fourth-order valence-electron chi connectivity index (χ4n) is 2.97. The topological polar surface area (TPSA) is 75.9 Å². The van der Waals surface area contributed by atoms with Gasteiger partial charge < -0.3 is 14.5 Å². The third-order valence-corrected chi connectivity index (χ3v) is 4.32. The monoisotopic (exact) mass is 332 g/mol. The summed E-state index contributed by atoms with van der Waals surface area (Å²) in [7, 11) is 1.55. The highest BCUT2D eigenvalue weighted by Crippen LogP contribution is 2.25. The molecule has 0 bridgehead atoms. The van der Waals surface area contributed by atoms with E-state index in [1.54, 1.807) is 18.0 Å². The lowest BCUT2D eigenvalue weighted by Gasteiger charge is -2.24. The van der Waals surface area contributed by atoms with Gasteiger partial charge in [0.25, 0.3) is 0 Å². The van der Waals surface area contributed by atoms with Crippen molar-refractivity contribution in [1.29, 1.82) is 0 Å². The van der Waals surface area contributed by atoms with Crippen molar-refractivity contribution in [2.24, 2.45) is 0 Å². The van der Waals surface area contributed by atoms with Crippen LogP contribution >= 0.6 is 0 Å². The van der Waals surface area contributed by atoms with Crippen LogP contribution in [-0.2, 0) is 9.53 Å². The minimum absolute atomic E-state index is 0.0459. The van der Waals surface area contributed by atoms with Crippen LogP contribution in [-0.4, -0.2) is 70.5 Å². The van der Waals surface area contributed by atoms with Crippen LogP contribution in [0.5, 0.6) is 0 Å². The van der Waals surface area contributed by atoms with Gasteiger partial charge in [-0.2, -0.15) is 9.61 Å². The molecule has 0 aromatic carbocycles. The summed E-state index contributed by atoms with van der Waals surface area (Å²) in [6.07, 6.45) is 2.55. The second-order valence-electron chi connectivity index (χ2n) is 6.36. The van der Waals surface area contributed by atoms with Gasteiger partial charge in [0, 0.05) is 33.3 Å². The summed E-state index contributed by atoms with van der Waals surface area (Å²) < 4.78 is 6.70. The van der Waals surface area contributed by atoms with Crippen LogP contribution in [0.15, 0.2) is 12.4 Å². The molecule has 24 heavy (non-hydrogen) atoms. The van der Waals surface area contributed by atoms with E-state index in [0.717, 1.165) is 43.1 Å². The van der Waals surface area contributed by atoms with Crippen molar-refractivity contribution < 1.29 is 9.53 Å². The van der Waals surface area contributed by atoms with Crippen molar-refractivity contribution in [2.75, 3.05) is 44.8 Å². The third kappa shape index (κ3) is 3.33. The molecule has 1 aliphatic heterocycles. The molecule has 2 aromatic heterocycles. The zero-order valence-corrected chi connectivity index (χ0v) is 14.5. The molecule has 3 heterocycles. The number of methoxy groups -OCH3 is 1. The number of hydrogen-bond acceptors (Lipinski definition) is 6. The molecule has 1 fully saturated rings. The molecule has 8 heteroatoms. The van der Waals surface area contributed by atoms with Gasteiger partial charge in [-0.3, -0.25) is 4.79 Å². The van der Waals surface area contributed by atoms with Gasteiger partial charge in [0.2, 0.25) is 11.6 Å². The van der Waals surface area contributed by atoms with Crippen LogP contribution in [0.25, 0.3) is 5.65 Å². The lowest BCUT2D eigenvalue weighted by molar-refractivity contribution is -0.134. The van der Waals surface area contributed by atoms with Crippen LogP contribution in [0, 0.1) is 0 Å². The zero-order valence-electron chi connectivity index (χ0n) is 14.5. The summed E-state index contributed by atoms with van der Waals surface area (Å²) in [6, 6.07) is 2.10. The van der Waals surface area contributed by atoms with Gasteiger partial charge in [-0.1, -0.05) is 13.8 Å². The molecule has 0 aliphatic carbocycles. The van der Waals surface area contributed by atoms with Gasteiger partial charge in [0.1, 0.15) is 12.9 Å². The van der Waals surface area contributed by atoms with Gasteiger partial charge in [0.15, 0.2) is 0 Å². The first-order valence-corrected chi connectivity index (χ1v) is 8.32. The Kier molecular flexibility index (Phi) is 4.94. The number of anilines is 1. The van der Waals surface area contributed by atoms with Crippen LogP contribution in [0.2, 0.25) is 0 Å². The Morgan fingerprint density at radius 1 is 1.29 bits per heavy atom. The van der Waals surface area contributed by atoms with E-state index in [4.69, 9.17) is 4.74 Å². The smallest absolute Gasteiger partial charge is 0.248 e. The van der Waals surface area contributed by atoms with Gasteiger partial charge in [0.05, 0.1) is 11.4 Å². The minimum atomic E-state index is 0.0459. The molecule has 0 radical (unpaired) electrons. The van der Waals surface area contributed by atoms with Crippen molar-refractivity contribution in [3.8, 4) is 0 Å². The maximum absolute atomic E-state index is 12.1. The highest BCUT2D eigenvalue weighted by atomic mass is 16.5. The maximum Gasteiger partial charge on any atom is 0.248 e. The number of rotatable bonds is 4. The standard InChI is InChI=1S/C16H24N6O2/c1-12(2)13-9-14(16-18-17-11-22(16)19-13)20-5-4-6-21(8-7-20)15(23)10-24-3/h9,11-12H,4-8,10H2,1-3H3. The molecular weight excluding hydrogens is 308 g/mol. The Balaban J connectivity index is 1.85. The number of ether oxygens (including phenoxy) is 1. The average molecular weight is 332 g/mol. The van der Waals surface area contributed by atoms with Crippen molar-refractivity contribution in [1.82, 2.24) is 24.7 Å². The fraction of sp³-hybridized carbons (Fsp3) is 0.625. The van der Waals surface area contributed by atoms with E-state index in [1.807, 2.05) is 4.90 Å². The fourth-order valence-corrected chi connectivity index (χ4v) is 2.97. The Morgan fingerprint density at radius 2 is 2.12 bits per heavy atom.